The molecule has 0 bridgehead atoms. The van der Waals surface area contributed by atoms with Gasteiger partial charge in [-0.15, -0.1) is 11.3 Å². The monoisotopic (exact) mass is 391 g/mol. The van der Waals surface area contributed by atoms with Crippen LogP contribution in [-0.2, 0) is 16.0 Å². The molecule has 8 heteroatoms. The number of hydrogen-bond donors (Lipinski definition) is 2. The minimum atomic E-state index is -0.789. The molecular formula is C19H25N3O4S. The van der Waals surface area contributed by atoms with Gasteiger partial charge < -0.3 is 15.0 Å². The molecule has 2 N–H and O–H groups in total. The summed E-state index contributed by atoms with van der Waals surface area (Å²) in [6.07, 6.45) is 3.34. The number of carbonyl (C=O) groups excluding carboxylic acids is 1. The largest absolute Gasteiger partial charge is 0.481 e. The molecule has 27 heavy (non-hydrogen) atoms. The minimum Gasteiger partial charge on any atom is -0.481 e. The van der Waals surface area contributed by atoms with E-state index in [1.807, 2.05) is 18.7 Å². The lowest BCUT2D eigenvalue weighted by Crippen LogP contribution is -2.40. The highest BCUT2D eigenvalue weighted by atomic mass is 32.1. The Kier molecular flexibility index (Phi) is 5.94. The fourth-order valence-electron chi connectivity index (χ4n) is 3.66. The van der Waals surface area contributed by atoms with Gasteiger partial charge in [0.1, 0.15) is 10.7 Å². The summed E-state index contributed by atoms with van der Waals surface area (Å²) in [5, 5.41) is 9.47. The van der Waals surface area contributed by atoms with Crippen LogP contribution in [0.2, 0.25) is 0 Å². The van der Waals surface area contributed by atoms with E-state index in [1.165, 1.54) is 11.3 Å². The van der Waals surface area contributed by atoms with Crippen LogP contribution in [0.3, 0.4) is 0 Å². The Bertz CT molecular complexity index is 918. The van der Waals surface area contributed by atoms with Crippen LogP contribution in [-0.4, -0.2) is 44.9 Å². The van der Waals surface area contributed by atoms with Crippen LogP contribution in [0.1, 0.15) is 48.4 Å². The number of aromatic nitrogens is 2. The van der Waals surface area contributed by atoms with E-state index in [2.05, 4.69) is 9.97 Å². The van der Waals surface area contributed by atoms with Gasteiger partial charge in [-0.1, -0.05) is 0 Å². The van der Waals surface area contributed by atoms with Crippen LogP contribution in [0.25, 0.3) is 10.2 Å². The van der Waals surface area contributed by atoms with E-state index >= 15 is 0 Å². The molecule has 146 valence electrons. The number of fused-ring (bicyclic) bond motifs is 1. The zero-order chi connectivity index (χ0) is 19.6. The Morgan fingerprint density at radius 3 is 2.85 bits per heavy atom. The summed E-state index contributed by atoms with van der Waals surface area (Å²) in [6.45, 7) is 5.24. The van der Waals surface area contributed by atoms with Crippen molar-refractivity contribution in [1.82, 2.24) is 14.9 Å². The Balaban J connectivity index is 1.61. The number of nitrogens with zero attached hydrogens (tertiary/aromatic N) is 2. The fraction of sp³-hybridized carbons (Fsp3) is 0.579. The molecule has 1 aliphatic heterocycles. The Morgan fingerprint density at radius 1 is 1.33 bits per heavy atom. The molecule has 1 fully saturated rings. The third-order valence-electron chi connectivity index (χ3n) is 5.30. The third kappa shape index (κ3) is 4.55. The molecule has 1 saturated heterocycles. The molecule has 2 aromatic rings. The van der Waals surface area contributed by atoms with Crippen LogP contribution >= 0.6 is 11.3 Å². The number of aryl methyl sites for hydroxylation is 3. The van der Waals surface area contributed by atoms with Crippen LogP contribution in [0.15, 0.2) is 4.79 Å². The predicted octanol–water partition coefficient (Wildman–Crippen LogP) is 2.64. The molecule has 0 aliphatic carbocycles. The van der Waals surface area contributed by atoms with Gasteiger partial charge in [0, 0.05) is 37.2 Å². The Morgan fingerprint density at radius 2 is 2.11 bits per heavy atom. The van der Waals surface area contributed by atoms with E-state index < -0.39 is 5.97 Å². The van der Waals surface area contributed by atoms with Gasteiger partial charge in [0.05, 0.1) is 5.39 Å². The fourth-order valence-corrected chi connectivity index (χ4v) is 4.70. The number of rotatable bonds is 6. The summed E-state index contributed by atoms with van der Waals surface area (Å²) >= 11 is 1.50. The zero-order valence-electron chi connectivity index (χ0n) is 15.7. The quantitative estimate of drug-likeness (QED) is 0.788. The van der Waals surface area contributed by atoms with E-state index in [4.69, 9.17) is 5.11 Å². The summed E-state index contributed by atoms with van der Waals surface area (Å²) in [5.74, 6) is 0.0471. The van der Waals surface area contributed by atoms with E-state index in [1.54, 1.807) is 0 Å². The summed E-state index contributed by atoms with van der Waals surface area (Å²) in [5.41, 5.74) is 0.822. The molecule has 1 unspecified atom stereocenters. The molecular weight excluding hydrogens is 366 g/mol. The van der Waals surface area contributed by atoms with Gasteiger partial charge in [0.25, 0.3) is 5.56 Å². The average Bonchev–Trinajstić information content (AvgIpc) is 2.92. The first-order chi connectivity index (χ1) is 12.8. The zero-order valence-corrected chi connectivity index (χ0v) is 16.5. The molecule has 1 atom stereocenters. The van der Waals surface area contributed by atoms with Crippen molar-refractivity contribution < 1.29 is 14.7 Å². The summed E-state index contributed by atoms with van der Waals surface area (Å²) in [7, 11) is 0. The first-order valence-corrected chi connectivity index (χ1v) is 10.1. The first-order valence-electron chi connectivity index (χ1n) is 9.33. The predicted molar refractivity (Wildman–Crippen MR) is 104 cm³/mol. The topological polar surface area (TPSA) is 103 Å². The molecule has 0 radical (unpaired) electrons. The number of carboxylic acids is 1. The molecule has 3 heterocycles. The maximum Gasteiger partial charge on any atom is 0.303 e. The normalized spacial score (nSPS) is 17.4. The van der Waals surface area contributed by atoms with Crippen molar-refractivity contribution in [3.05, 3.63) is 26.6 Å². The lowest BCUT2D eigenvalue weighted by atomic mass is 9.93. The molecule has 1 amide bonds. The second kappa shape index (κ2) is 8.21. The number of aliphatic carboxylic acids is 1. The number of amides is 1. The molecule has 2 aromatic heterocycles. The maximum absolute atomic E-state index is 12.6. The number of piperidine rings is 1. The van der Waals surface area contributed by atoms with Gasteiger partial charge in [-0.25, -0.2) is 4.98 Å². The number of hydrogen-bond acceptors (Lipinski definition) is 5. The van der Waals surface area contributed by atoms with Crippen molar-refractivity contribution in [2.45, 2.75) is 52.4 Å². The van der Waals surface area contributed by atoms with Crippen LogP contribution in [0.4, 0.5) is 0 Å². The van der Waals surface area contributed by atoms with Crippen LogP contribution < -0.4 is 5.56 Å². The highest BCUT2D eigenvalue weighted by Gasteiger charge is 2.24. The smallest absolute Gasteiger partial charge is 0.303 e. The SMILES string of the molecule is Cc1sc2nc(CCC(=O)N3CCCC(CCC(=O)O)C3)[nH]c(=O)c2c1C. The van der Waals surface area contributed by atoms with Gasteiger partial charge in [-0.2, -0.15) is 0 Å². The maximum atomic E-state index is 12.6. The minimum absolute atomic E-state index is 0.0383. The Labute approximate surface area is 161 Å². The van der Waals surface area contributed by atoms with Gasteiger partial charge >= 0.3 is 5.97 Å². The standard InChI is InChI=1S/C19H25N3O4S/c1-11-12(2)27-19-17(11)18(26)20-14(21-19)6-7-15(23)22-9-3-4-13(10-22)5-8-16(24)25/h13H,3-10H2,1-2H3,(H,24,25)(H,20,21,26). The second-order valence-corrected chi connectivity index (χ2v) is 8.46. The van der Waals surface area contributed by atoms with Gasteiger partial charge in [-0.05, 0) is 44.6 Å². The number of likely N-dealkylation sites (tertiary alicyclic amines) is 1. The number of H-pyrrole nitrogens is 1. The molecule has 7 nitrogen and oxygen atoms in total. The lowest BCUT2D eigenvalue weighted by molar-refractivity contribution is -0.137. The number of carboxylic acid groups (broad SMARTS) is 1. The van der Waals surface area contributed by atoms with Crippen molar-refractivity contribution >= 4 is 33.4 Å². The van der Waals surface area contributed by atoms with Crippen molar-refractivity contribution in [3.63, 3.8) is 0 Å². The van der Waals surface area contributed by atoms with E-state index in [0.717, 1.165) is 28.1 Å². The Hall–Kier alpha value is -2.22. The van der Waals surface area contributed by atoms with Gasteiger partial charge in [0.2, 0.25) is 5.91 Å². The highest BCUT2D eigenvalue weighted by molar-refractivity contribution is 7.18. The number of nitrogens with one attached hydrogen (secondary N) is 1. The second-order valence-electron chi connectivity index (χ2n) is 7.26. The first kappa shape index (κ1) is 19.5. The van der Waals surface area contributed by atoms with Gasteiger partial charge in [0.15, 0.2) is 0 Å². The molecule has 1 aliphatic rings. The molecule has 0 aromatic carbocycles. The number of thiophene rings is 1. The van der Waals surface area contributed by atoms with Crippen molar-refractivity contribution in [1.29, 1.82) is 0 Å². The number of aromatic amines is 1. The lowest BCUT2D eigenvalue weighted by Gasteiger charge is -2.32. The highest BCUT2D eigenvalue weighted by Crippen LogP contribution is 2.26. The van der Waals surface area contributed by atoms with E-state index in [0.29, 0.717) is 43.6 Å². The van der Waals surface area contributed by atoms with E-state index in [9.17, 15) is 14.4 Å². The van der Waals surface area contributed by atoms with Crippen molar-refractivity contribution in [2.24, 2.45) is 5.92 Å². The van der Waals surface area contributed by atoms with Crippen molar-refractivity contribution in [3.8, 4) is 0 Å². The molecule has 0 spiro atoms. The van der Waals surface area contributed by atoms with Crippen LogP contribution in [0.5, 0.6) is 0 Å². The summed E-state index contributed by atoms with van der Waals surface area (Å²) in [4.78, 5) is 46.6. The summed E-state index contributed by atoms with van der Waals surface area (Å²) in [6, 6.07) is 0. The average molecular weight is 391 g/mol. The number of carbonyl (C=O) groups is 2. The summed E-state index contributed by atoms with van der Waals surface area (Å²) < 4.78 is 0. The third-order valence-corrected chi connectivity index (χ3v) is 6.40. The van der Waals surface area contributed by atoms with Crippen LogP contribution in [0, 0.1) is 19.8 Å². The molecule has 3 rings (SSSR count). The van der Waals surface area contributed by atoms with Crippen molar-refractivity contribution in [2.75, 3.05) is 13.1 Å². The van der Waals surface area contributed by atoms with Gasteiger partial charge in [-0.3, -0.25) is 14.4 Å². The van der Waals surface area contributed by atoms with E-state index in [-0.39, 0.29) is 23.8 Å². The molecule has 0 saturated carbocycles.